The number of ether oxygens (including phenoxy) is 3. The van der Waals surface area contributed by atoms with Crippen molar-refractivity contribution < 1.29 is 28.3 Å². The Kier molecular flexibility index (Phi) is 8.36. The number of likely N-dealkylation sites (tertiary alicyclic amines) is 1. The van der Waals surface area contributed by atoms with Gasteiger partial charge < -0.3 is 14.2 Å². The van der Waals surface area contributed by atoms with Crippen molar-refractivity contribution in [3.8, 4) is 5.88 Å². The number of unbranched alkanes of at least 4 members (excludes halogenated alkanes) is 1. The zero-order valence-electron chi connectivity index (χ0n) is 20.4. The molecule has 0 aliphatic carbocycles. The van der Waals surface area contributed by atoms with E-state index in [0.717, 1.165) is 21.7 Å². The molecule has 1 amide bonds. The van der Waals surface area contributed by atoms with Crippen LogP contribution in [0.25, 0.3) is 10.8 Å². The minimum Gasteiger partial charge on any atom is -0.468 e. The molecule has 1 unspecified atom stereocenters. The molecule has 1 aromatic carbocycles. The SMILES string of the molecule is C=CCCCOC(=O)[N+]1(C(C)(C)C)C[C@H](Oc2nccc3ccc(Br)cc23)C[C@H]1C(=O)OCC. The number of hydrogen-bond donors (Lipinski definition) is 0. The van der Waals surface area contributed by atoms with Crippen LogP contribution in [0.4, 0.5) is 4.79 Å². The van der Waals surface area contributed by atoms with Gasteiger partial charge in [0.05, 0.1) is 19.6 Å². The second-order valence-corrected chi connectivity index (χ2v) is 10.4. The molecular formula is C26H34BrN2O5+. The Hall–Kier alpha value is -2.45. The molecule has 0 bridgehead atoms. The minimum atomic E-state index is -0.737. The highest BCUT2D eigenvalue weighted by Crippen LogP contribution is 2.40. The highest BCUT2D eigenvalue weighted by molar-refractivity contribution is 9.10. The molecule has 1 aliphatic rings. The van der Waals surface area contributed by atoms with Crippen molar-refractivity contribution in [1.29, 1.82) is 0 Å². The van der Waals surface area contributed by atoms with Gasteiger partial charge in [0.2, 0.25) is 11.9 Å². The van der Waals surface area contributed by atoms with Crippen molar-refractivity contribution in [1.82, 2.24) is 4.98 Å². The van der Waals surface area contributed by atoms with Gasteiger partial charge in [0.1, 0.15) is 12.1 Å². The number of nitrogens with zero attached hydrogens (tertiary/aromatic N) is 2. The Morgan fingerprint density at radius 1 is 1.26 bits per heavy atom. The molecule has 1 fully saturated rings. The smallest absolute Gasteiger partial charge is 0.468 e. The Balaban J connectivity index is 1.96. The van der Waals surface area contributed by atoms with E-state index in [2.05, 4.69) is 27.5 Å². The van der Waals surface area contributed by atoms with Crippen LogP contribution < -0.4 is 4.74 Å². The number of amides is 1. The molecule has 0 radical (unpaired) electrons. The summed E-state index contributed by atoms with van der Waals surface area (Å²) in [7, 11) is 0. The number of allylic oxidation sites excluding steroid dienone is 1. The van der Waals surface area contributed by atoms with E-state index >= 15 is 0 Å². The summed E-state index contributed by atoms with van der Waals surface area (Å²) in [5.41, 5.74) is -0.625. The zero-order chi connectivity index (χ0) is 24.9. The predicted octanol–water partition coefficient (Wildman–Crippen LogP) is 5.80. The lowest BCUT2D eigenvalue weighted by atomic mass is 10.00. The van der Waals surface area contributed by atoms with Crippen molar-refractivity contribution in [3.05, 3.63) is 47.6 Å². The first kappa shape index (κ1) is 26.2. The first-order chi connectivity index (χ1) is 16.1. The van der Waals surface area contributed by atoms with Gasteiger partial charge in [-0.25, -0.2) is 14.3 Å². The fraction of sp³-hybridized carbons (Fsp3) is 0.500. The Morgan fingerprint density at radius 3 is 2.71 bits per heavy atom. The topological polar surface area (TPSA) is 74.7 Å². The van der Waals surface area contributed by atoms with Crippen molar-refractivity contribution in [2.75, 3.05) is 19.8 Å². The maximum Gasteiger partial charge on any atom is 0.517 e. The van der Waals surface area contributed by atoms with Gasteiger partial charge >= 0.3 is 12.1 Å². The number of halogens is 1. The maximum absolute atomic E-state index is 13.6. The van der Waals surface area contributed by atoms with Gasteiger partial charge in [0, 0.05) is 16.1 Å². The van der Waals surface area contributed by atoms with Gasteiger partial charge in [-0.3, -0.25) is 0 Å². The number of rotatable bonds is 8. The first-order valence-corrected chi connectivity index (χ1v) is 12.5. The predicted molar refractivity (Wildman–Crippen MR) is 135 cm³/mol. The quantitative estimate of drug-likeness (QED) is 0.185. The molecule has 0 N–H and O–H groups in total. The third-order valence-corrected chi connectivity index (χ3v) is 6.83. The summed E-state index contributed by atoms with van der Waals surface area (Å²) in [6, 6.07) is 7.08. The molecule has 3 rings (SSSR count). The van der Waals surface area contributed by atoms with Crippen molar-refractivity contribution in [2.24, 2.45) is 0 Å². The van der Waals surface area contributed by atoms with E-state index in [9.17, 15) is 9.59 Å². The van der Waals surface area contributed by atoms with Crippen molar-refractivity contribution in [2.45, 2.75) is 64.6 Å². The highest BCUT2D eigenvalue weighted by atomic mass is 79.9. The van der Waals surface area contributed by atoms with Crippen LogP contribution in [0.15, 0.2) is 47.6 Å². The zero-order valence-corrected chi connectivity index (χ0v) is 22.0. The lowest BCUT2D eigenvalue weighted by Gasteiger charge is -2.44. The summed E-state index contributed by atoms with van der Waals surface area (Å²) in [6.07, 6.45) is 4.38. The van der Waals surface area contributed by atoms with Gasteiger partial charge in [-0.1, -0.05) is 28.1 Å². The van der Waals surface area contributed by atoms with Crippen LogP contribution in [0.2, 0.25) is 0 Å². The average Bonchev–Trinajstić information content (AvgIpc) is 3.18. The van der Waals surface area contributed by atoms with E-state index in [1.165, 1.54) is 0 Å². The largest absolute Gasteiger partial charge is 0.517 e. The fourth-order valence-corrected chi connectivity index (χ4v) is 5.00. The number of esters is 1. The van der Waals surface area contributed by atoms with E-state index in [4.69, 9.17) is 14.2 Å². The monoisotopic (exact) mass is 533 g/mol. The van der Waals surface area contributed by atoms with Crippen LogP contribution in [0.5, 0.6) is 5.88 Å². The van der Waals surface area contributed by atoms with E-state index in [0.29, 0.717) is 18.7 Å². The molecule has 34 heavy (non-hydrogen) atoms. The third-order valence-electron chi connectivity index (χ3n) is 6.34. The van der Waals surface area contributed by atoms with Gasteiger partial charge in [0.25, 0.3) is 0 Å². The molecule has 7 nitrogen and oxygen atoms in total. The summed E-state index contributed by atoms with van der Waals surface area (Å²) in [6.45, 7) is 12.1. The molecule has 1 aromatic heterocycles. The van der Waals surface area contributed by atoms with Crippen LogP contribution >= 0.6 is 15.9 Å². The normalized spacial score (nSPS) is 22.4. The summed E-state index contributed by atoms with van der Waals surface area (Å²) >= 11 is 3.51. The van der Waals surface area contributed by atoms with E-state index in [1.807, 2.05) is 45.0 Å². The van der Waals surface area contributed by atoms with E-state index < -0.39 is 29.7 Å². The fourth-order valence-electron chi connectivity index (χ4n) is 4.64. The molecule has 1 saturated heterocycles. The second-order valence-electron chi connectivity index (χ2n) is 9.49. The molecular weight excluding hydrogens is 500 g/mol. The molecule has 0 spiro atoms. The maximum atomic E-state index is 13.6. The highest BCUT2D eigenvalue weighted by Gasteiger charge is 2.64. The van der Waals surface area contributed by atoms with Gasteiger partial charge in [-0.2, -0.15) is 4.79 Å². The minimum absolute atomic E-state index is 0.195. The van der Waals surface area contributed by atoms with Gasteiger partial charge in [0.15, 0.2) is 6.10 Å². The van der Waals surface area contributed by atoms with Crippen LogP contribution in [0, 0.1) is 0 Å². The molecule has 2 aromatic rings. The van der Waals surface area contributed by atoms with Crippen LogP contribution in [-0.4, -0.2) is 59.0 Å². The number of carbonyl (C=O) groups excluding carboxylic acids is 2. The summed E-state index contributed by atoms with van der Waals surface area (Å²) in [5, 5.41) is 1.85. The summed E-state index contributed by atoms with van der Waals surface area (Å²) in [5.74, 6) is 0.0554. The van der Waals surface area contributed by atoms with Crippen molar-refractivity contribution in [3.63, 3.8) is 0 Å². The Bertz CT molecular complexity index is 1050. The van der Waals surface area contributed by atoms with Crippen molar-refractivity contribution >= 4 is 38.8 Å². The van der Waals surface area contributed by atoms with Crippen LogP contribution in [0.1, 0.15) is 47.0 Å². The summed E-state index contributed by atoms with van der Waals surface area (Å²) in [4.78, 5) is 31.1. The lowest BCUT2D eigenvalue weighted by Crippen LogP contribution is -2.68. The molecule has 8 heteroatoms. The average molecular weight is 534 g/mol. The number of carbonyl (C=O) groups is 2. The Labute approximate surface area is 209 Å². The summed E-state index contributed by atoms with van der Waals surface area (Å²) < 4.78 is 18.2. The number of pyridine rings is 1. The number of quaternary nitrogens is 1. The number of benzene rings is 1. The number of aromatic nitrogens is 1. The first-order valence-electron chi connectivity index (χ1n) is 11.7. The van der Waals surface area contributed by atoms with Crippen LogP contribution in [0.3, 0.4) is 0 Å². The van der Waals surface area contributed by atoms with Gasteiger partial charge in [-0.15, -0.1) is 6.58 Å². The molecule has 184 valence electrons. The molecule has 1 aliphatic heterocycles. The van der Waals surface area contributed by atoms with E-state index in [1.54, 1.807) is 19.2 Å². The second kappa shape index (κ2) is 10.9. The molecule has 2 heterocycles. The lowest BCUT2D eigenvalue weighted by molar-refractivity contribution is -0.908. The Morgan fingerprint density at radius 2 is 2.03 bits per heavy atom. The van der Waals surface area contributed by atoms with Gasteiger partial charge in [-0.05, 0) is 64.1 Å². The standard InChI is InChI=1S/C26H34BrN2O5/c1-6-8-9-14-33-25(31)29(26(3,4)5)17-20(16-22(29)24(30)32-7-2)34-23-21-15-19(27)11-10-18(21)12-13-28-23/h6,10-13,15,20,22H,1,7-9,14,16-17H2,2-5H3/q+1/t20-,22+,29?/m1/s1. The number of hydrogen-bond acceptors (Lipinski definition) is 6. The number of fused-ring (bicyclic) bond motifs is 1. The van der Waals surface area contributed by atoms with E-state index in [-0.39, 0.29) is 24.2 Å². The van der Waals surface area contributed by atoms with Crippen LogP contribution in [-0.2, 0) is 14.3 Å². The molecule has 0 saturated carbocycles. The molecule has 3 atom stereocenters. The third kappa shape index (κ3) is 5.28.